The van der Waals surface area contributed by atoms with Crippen LogP contribution in [0.15, 0.2) is 12.8 Å². The third kappa shape index (κ3) is 1.41. The molecule has 0 aliphatic heterocycles. The monoisotopic (exact) mass is 176 g/mol. The smallest absolute Gasteiger partial charge is 0.0565 e. The Morgan fingerprint density at radius 1 is 1.54 bits per heavy atom. The maximum atomic E-state index is 4.41. The zero-order valence-electron chi connectivity index (χ0n) is 8.16. The molecule has 1 aromatic heterocycles. The summed E-state index contributed by atoms with van der Waals surface area (Å²) in [7, 11) is 0. The fourth-order valence-corrected chi connectivity index (χ4v) is 2.15. The van der Waals surface area contributed by atoms with Gasteiger partial charge in [-0.25, -0.2) is 0 Å². The first kappa shape index (κ1) is 8.54. The molecule has 0 atom stereocenters. The molecule has 13 heavy (non-hydrogen) atoms. The van der Waals surface area contributed by atoms with Crippen molar-refractivity contribution in [2.45, 2.75) is 38.6 Å². The molecule has 1 aliphatic carbocycles. The van der Waals surface area contributed by atoms with Gasteiger partial charge in [0.2, 0.25) is 0 Å². The first-order valence-electron chi connectivity index (χ1n) is 4.99. The van der Waals surface area contributed by atoms with Crippen LogP contribution in [0.25, 0.3) is 6.08 Å². The summed E-state index contributed by atoms with van der Waals surface area (Å²) in [5.74, 6) is 0. The van der Waals surface area contributed by atoms with E-state index in [0.717, 1.165) is 0 Å². The zero-order chi connectivity index (χ0) is 9.26. The highest BCUT2D eigenvalue weighted by molar-refractivity contribution is 5.48. The molecule has 2 heteroatoms. The van der Waals surface area contributed by atoms with Crippen LogP contribution in [0.1, 0.15) is 43.0 Å². The number of hydrogen-bond donors (Lipinski definition) is 0. The van der Waals surface area contributed by atoms with Crippen LogP contribution in [-0.2, 0) is 0 Å². The molecular weight excluding hydrogens is 160 g/mol. The number of aromatic nitrogens is 2. The lowest BCUT2D eigenvalue weighted by molar-refractivity contribution is 0.456. The van der Waals surface area contributed by atoms with Crippen molar-refractivity contribution in [1.82, 2.24) is 9.78 Å². The highest BCUT2D eigenvalue weighted by atomic mass is 15.3. The molecule has 0 N–H and O–H groups in total. The Balaban J connectivity index is 2.29. The van der Waals surface area contributed by atoms with Gasteiger partial charge >= 0.3 is 0 Å². The van der Waals surface area contributed by atoms with E-state index < -0.39 is 0 Å². The van der Waals surface area contributed by atoms with Gasteiger partial charge in [-0.2, -0.15) is 5.10 Å². The third-order valence-corrected chi connectivity index (χ3v) is 2.97. The van der Waals surface area contributed by atoms with Crippen molar-refractivity contribution in [3.63, 3.8) is 0 Å². The van der Waals surface area contributed by atoms with E-state index in [1.165, 1.54) is 36.9 Å². The lowest BCUT2D eigenvalue weighted by Crippen LogP contribution is -2.08. The molecule has 2 nitrogen and oxygen atoms in total. The second-order valence-corrected chi connectivity index (χ2v) is 3.77. The first-order chi connectivity index (χ1) is 6.33. The minimum absolute atomic E-state index is 0.647. The van der Waals surface area contributed by atoms with Crippen molar-refractivity contribution in [3.05, 3.63) is 24.0 Å². The van der Waals surface area contributed by atoms with E-state index in [1.807, 2.05) is 12.3 Å². The second-order valence-electron chi connectivity index (χ2n) is 3.77. The van der Waals surface area contributed by atoms with E-state index >= 15 is 0 Å². The molecule has 1 fully saturated rings. The minimum atomic E-state index is 0.647. The van der Waals surface area contributed by atoms with Crippen molar-refractivity contribution >= 4 is 6.08 Å². The van der Waals surface area contributed by atoms with E-state index in [4.69, 9.17) is 0 Å². The Bertz CT molecular complexity index is 306. The Morgan fingerprint density at radius 2 is 2.23 bits per heavy atom. The summed E-state index contributed by atoms with van der Waals surface area (Å²) in [5.41, 5.74) is 2.44. The highest BCUT2D eigenvalue weighted by Gasteiger charge is 2.19. The average Bonchev–Trinajstić information content (AvgIpc) is 2.72. The Kier molecular flexibility index (Phi) is 2.21. The van der Waals surface area contributed by atoms with Gasteiger partial charge in [0.15, 0.2) is 0 Å². The number of rotatable bonds is 2. The van der Waals surface area contributed by atoms with E-state index in [9.17, 15) is 0 Å². The minimum Gasteiger partial charge on any atom is -0.266 e. The molecule has 0 radical (unpaired) electrons. The van der Waals surface area contributed by atoms with Gasteiger partial charge in [0.1, 0.15) is 0 Å². The summed E-state index contributed by atoms with van der Waals surface area (Å²) in [5, 5.41) is 4.41. The number of nitrogens with zero attached hydrogens (tertiary/aromatic N) is 2. The molecule has 1 saturated carbocycles. The van der Waals surface area contributed by atoms with Crippen LogP contribution < -0.4 is 0 Å². The van der Waals surface area contributed by atoms with Gasteiger partial charge in [0.25, 0.3) is 0 Å². The summed E-state index contributed by atoms with van der Waals surface area (Å²) >= 11 is 0. The lowest BCUT2D eigenvalue weighted by Gasteiger charge is -2.11. The molecule has 70 valence electrons. The lowest BCUT2D eigenvalue weighted by atomic mass is 10.2. The third-order valence-electron chi connectivity index (χ3n) is 2.97. The molecule has 0 unspecified atom stereocenters. The summed E-state index contributed by atoms with van der Waals surface area (Å²) in [4.78, 5) is 0. The molecule has 0 amide bonds. The SMILES string of the molecule is C=Cc1cnn(C2CCCC2)c1C. The standard InChI is InChI=1S/C11H16N2/c1-3-10-8-12-13(9(10)2)11-6-4-5-7-11/h3,8,11H,1,4-7H2,2H3. The van der Waals surface area contributed by atoms with Crippen molar-refractivity contribution in [2.24, 2.45) is 0 Å². The van der Waals surface area contributed by atoms with Crippen LogP contribution in [0.2, 0.25) is 0 Å². The maximum absolute atomic E-state index is 4.41. The maximum Gasteiger partial charge on any atom is 0.0565 e. The van der Waals surface area contributed by atoms with E-state index in [-0.39, 0.29) is 0 Å². The quantitative estimate of drug-likeness (QED) is 0.677. The second kappa shape index (κ2) is 3.36. The van der Waals surface area contributed by atoms with Gasteiger partial charge in [-0.15, -0.1) is 0 Å². The number of hydrogen-bond acceptors (Lipinski definition) is 1. The van der Waals surface area contributed by atoms with Gasteiger partial charge in [0, 0.05) is 11.3 Å². The van der Waals surface area contributed by atoms with Crippen molar-refractivity contribution < 1.29 is 0 Å². The van der Waals surface area contributed by atoms with Crippen molar-refractivity contribution in [2.75, 3.05) is 0 Å². The molecule has 2 rings (SSSR count). The van der Waals surface area contributed by atoms with Crippen molar-refractivity contribution in [1.29, 1.82) is 0 Å². The van der Waals surface area contributed by atoms with Crippen molar-refractivity contribution in [3.8, 4) is 0 Å². The van der Waals surface area contributed by atoms with E-state index in [1.54, 1.807) is 0 Å². The molecule has 0 bridgehead atoms. The van der Waals surface area contributed by atoms with Crippen LogP contribution in [0.4, 0.5) is 0 Å². The normalized spacial score (nSPS) is 17.9. The fourth-order valence-electron chi connectivity index (χ4n) is 2.15. The molecule has 0 spiro atoms. The Hall–Kier alpha value is -1.05. The van der Waals surface area contributed by atoms with Gasteiger partial charge < -0.3 is 0 Å². The van der Waals surface area contributed by atoms with Crippen LogP contribution in [-0.4, -0.2) is 9.78 Å². The zero-order valence-corrected chi connectivity index (χ0v) is 8.16. The Labute approximate surface area is 79.3 Å². The summed E-state index contributed by atoms with van der Waals surface area (Å²) in [6, 6.07) is 0.647. The first-order valence-corrected chi connectivity index (χ1v) is 4.99. The molecule has 1 aliphatic rings. The van der Waals surface area contributed by atoms with Gasteiger partial charge in [-0.05, 0) is 19.8 Å². The predicted molar refractivity (Wildman–Crippen MR) is 54.6 cm³/mol. The summed E-state index contributed by atoms with van der Waals surface area (Å²) < 4.78 is 2.17. The molecule has 1 heterocycles. The molecule has 0 saturated heterocycles. The van der Waals surface area contributed by atoms with Crippen LogP contribution in [0.3, 0.4) is 0 Å². The van der Waals surface area contributed by atoms with Crippen LogP contribution >= 0.6 is 0 Å². The average molecular weight is 176 g/mol. The molecule has 0 aromatic carbocycles. The summed E-state index contributed by atoms with van der Waals surface area (Å²) in [6.07, 6.45) is 9.09. The van der Waals surface area contributed by atoms with Gasteiger partial charge in [0.05, 0.1) is 12.2 Å². The van der Waals surface area contributed by atoms with Crippen LogP contribution in [0.5, 0.6) is 0 Å². The predicted octanol–water partition coefficient (Wildman–Crippen LogP) is 2.95. The molecular formula is C11H16N2. The highest BCUT2D eigenvalue weighted by Crippen LogP contribution is 2.30. The molecule has 1 aromatic rings. The fraction of sp³-hybridized carbons (Fsp3) is 0.545. The summed E-state index contributed by atoms with van der Waals surface area (Å²) in [6.45, 7) is 5.91. The topological polar surface area (TPSA) is 17.8 Å². The van der Waals surface area contributed by atoms with Gasteiger partial charge in [-0.3, -0.25) is 4.68 Å². The Morgan fingerprint density at radius 3 is 2.77 bits per heavy atom. The largest absolute Gasteiger partial charge is 0.266 e. The van der Waals surface area contributed by atoms with E-state index in [2.05, 4.69) is 23.3 Å². The van der Waals surface area contributed by atoms with Gasteiger partial charge in [-0.1, -0.05) is 25.5 Å². The van der Waals surface area contributed by atoms with E-state index in [0.29, 0.717) is 6.04 Å². The van der Waals surface area contributed by atoms with Crippen LogP contribution in [0, 0.1) is 6.92 Å².